The van der Waals surface area contributed by atoms with E-state index in [4.69, 9.17) is 4.74 Å². The Morgan fingerprint density at radius 3 is 2.67 bits per heavy atom. The molecular weight excluding hydrogens is 306 g/mol. The summed E-state index contributed by atoms with van der Waals surface area (Å²) in [6.45, 7) is 8.28. The lowest BCUT2D eigenvalue weighted by Crippen LogP contribution is -2.49. The fraction of sp³-hybridized carbons (Fsp3) is 0.706. The van der Waals surface area contributed by atoms with Crippen LogP contribution in [0.15, 0.2) is 18.5 Å². The van der Waals surface area contributed by atoms with Crippen molar-refractivity contribution in [3.05, 3.63) is 18.5 Å². The van der Waals surface area contributed by atoms with Crippen LogP contribution in [0.25, 0.3) is 0 Å². The molecule has 7 nitrogen and oxygen atoms in total. The first-order chi connectivity index (χ1) is 11.8. The first-order valence-electron chi connectivity index (χ1n) is 8.88. The summed E-state index contributed by atoms with van der Waals surface area (Å²) in [5, 5.41) is 2.92. The maximum atomic E-state index is 11.7. The van der Waals surface area contributed by atoms with Gasteiger partial charge in [-0.05, 0) is 12.5 Å². The number of hydrogen-bond donors (Lipinski definition) is 1. The molecule has 0 saturated carbocycles. The van der Waals surface area contributed by atoms with Gasteiger partial charge < -0.3 is 15.0 Å². The molecule has 1 aromatic rings. The number of rotatable bonds is 10. The van der Waals surface area contributed by atoms with Crippen LogP contribution >= 0.6 is 0 Å². The third kappa shape index (κ3) is 6.80. The van der Waals surface area contributed by atoms with Crippen molar-refractivity contribution in [1.29, 1.82) is 0 Å². The number of hydrogen-bond acceptors (Lipinski definition) is 6. The summed E-state index contributed by atoms with van der Waals surface area (Å²) in [4.78, 5) is 24.8. The first-order valence-corrected chi connectivity index (χ1v) is 8.88. The molecule has 0 aliphatic carbocycles. The van der Waals surface area contributed by atoms with Crippen LogP contribution in [-0.4, -0.2) is 73.3 Å². The van der Waals surface area contributed by atoms with Crippen molar-refractivity contribution < 1.29 is 9.53 Å². The van der Waals surface area contributed by atoms with E-state index in [1.807, 2.05) is 6.07 Å². The molecule has 134 valence electrons. The molecule has 1 fully saturated rings. The molecule has 0 bridgehead atoms. The second-order valence-corrected chi connectivity index (χ2v) is 5.99. The van der Waals surface area contributed by atoms with Crippen molar-refractivity contribution in [2.24, 2.45) is 0 Å². The minimum atomic E-state index is -0.0252. The normalized spacial score (nSPS) is 15.5. The van der Waals surface area contributed by atoms with Gasteiger partial charge in [0.25, 0.3) is 0 Å². The van der Waals surface area contributed by atoms with Gasteiger partial charge in [-0.3, -0.25) is 9.69 Å². The highest BCUT2D eigenvalue weighted by atomic mass is 16.5. The lowest BCUT2D eigenvalue weighted by molar-refractivity contribution is -0.125. The van der Waals surface area contributed by atoms with Crippen LogP contribution in [0.2, 0.25) is 0 Å². The van der Waals surface area contributed by atoms with E-state index in [-0.39, 0.29) is 12.5 Å². The summed E-state index contributed by atoms with van der Waals surface area (Å²) in [6.07, 6.45) is 6.89. The summed E-state index contributed by atoms with van der Waals surface area (Å²) in [6, 6.07) is 1.83. The van der Waals surface area contributed by atoms with Crippen molar-refractivity contribution >= 4 is 11.9 Å². The van der Waals surface area contributed by atoms with Gasteiger partial charge in [-0.25, -0.2) is 9.97 Å². The number of piperazine rings is 1. The Labute approximate surface area is 144 Å². The minimum absolute atomic E-state index is 0.0252. The van der Waals surface area contributed by atoms with Gasteiger partial charge in [0, 0.05) is 58.3 Å². The van der Waals surface area contributed by atoms with Crippen LogP contribution in [0.1, 0.15) is 26.2 Å². The van der Waals surface area contributed by atoms with E-state index in [1.165, 1.54) is 6.42 Å². The van der Waals surface area contributed by atoms with Gasteiger partial charge in [0.05, 0.1) is 0 Å². The van der Waals surface area contributed by atoms with E-state index in [9.17, 15) is 4.79 Å². The van der Waals surface area contributed by atoms with Crippen LogP contribution in [0.5, 0.6) is 0 Å². The topological polar surface area (TPSA) is 70.6 Å². The van der Waals surface area contributed by atoms with E-state index in [0.717, 1.165) is 51.5 Å². The van der Waals surface area contributed by atoms with E-state index in [0.29, 0.717) is 13.2 Å². The zero-order valence-corrected chi connectivity index (χ0v) is 14.6. The molecule has 1 saturated heterocycles. The van der Waals surface area contributed by atoms with Gasteiger partial charge >= 0.3 is 0 Å². The second kappa shape index (κ2) is 10.9. The largest absolute Gasteiger partial charge is 0.372 e. The highest BCUT2D eigenvalue weighted by Crippen LogP contribution is 2.08. The number of nitrogens with zero attached hydrogens (tertiary/aromatic N) is 4. The number of ether oxygens (including phenoxy) is 1. The summed E-state index contributed by atoms with van der Waals surface area (Å²) in [7, 11) is 0. The van der Waals surface area contributed by atoms with E-state index < -0.39 is 0 Å². The number of carbonyl (C=O) groups excluding carboxylic acids is 1. The van der Waals surface area contributed by atoms with Crippen LogP contribution in [-0.2, 0) is 9.53 Å². The van der Waals surface area contributed by atoms with Gasteiger partial charge in [0.15, 0.2) is 0 Å². The Bertz CT molecular complexity index is 463. The van der Waals surface area contributed by atoms with Gasteiger partial charge in [-0.15, -0.1) is 0 Å². The molecule has 7 heteroatoms. The molecule has 1 aromatic heterocycles. The highest BCUT2D eigenvalue weighted by molar-refractivity contribution is 5.77. The van der Waals surface area contributed by atoms with Crippen molar-refractivity contribution in [2.75, 3.05) is 57.4 Å². The lowest BCUT2D eigenvalue weighted by atomic mass is 10.3. The summed E-state index contributed by atoms with van der Waals surface area (Å²) in [5.41, 5.74) is 0. The van der Waals surface area contributed by atoms with Crippen LogP contribution in [0.3, 0.4) is 0 Å². The molecule has 1 aliphatic heterocycles. The van der Waals surface area contributed by atoms with Gasteiger partial charge in [0.2, 0.25) is 11.9 Å². The average Bonchev–Trinajstić information content (AvgIpc) is 2.63. The fourth-order valence-electron chi connectivity index (χ4n) is 2.65. The number of nitrogens with one attached hydrogen (secondary N) is 1. The zero-order valence-electron chi connectivity index (χ0n) is 14.6. The monoisotopic (exact) mass is 335 g/mol. The number of aromatic nitrogens is 2. The first kappa shape index (κ1) is 18.6. The molecular formula is C17H29N5O2. The van der Waals surface area contributed by atoms with Crippen molar-refractivity contribution in [3.63, 3.8) is 0 Å². The molecule has 1 amide bonds. The molecule has 2 rings (SSSR count). The predicted octanol–water partition coefficient (Wildman–Crippen LogP) is 0.922. The maximum absolute atomic E-state index is 11.7. The van der Waals surface area contributed by atoms with Crippen molar-refractivity contribution in [2.45, 2.75) is 26.2 Å². The quantitative estimate of drug-likeness (QED) is 0.641. The standard InChI is InChI=1S/C17H29N5O2/c1-2-3-4-14-24-15-16(23)18-8-9-21-10-12-22(13-11-21)17-19-6-5-7-20-17/h5-7H,2-4,8-15H2,1H3,(H,18,23). The van der Waals surface area contributed by atoms with Gasteiger partial charge in [-0.2, -0.15) is 0 Å². The summed E-state index contributed by atoms with van der Waals surface area (Å²) >= 11 is 0. The molecule has 0 spiro atoms. The van der Waals surface area contributed by atoms with Gasteiger partial charge in [-0.1, -0.05) is 19.8 Å². The van der Waals surface area contributed by atoms with Crippen molar-refractivity contribution in [1.82, 2.24) is 20.2 Å². The van der Waals surface area contributed by atoms with Crippen LogP contribution in [0, 0.1) is 0 Å². The smallest absolute Gasteiger partial charge is 0.246 e. The summed E-state index contributed by atoms with van der Waals surface area (Å²) in [5.74, 6) is 0.772. The van der Waals surface area contributed by atoms with E-state index in [2.05, 4.69) is 32.0 Å². The molecule has 1 N–H and O–H groups in total. The van der Waals surface area contributed by atoms with E-state index in [1.54, 1.807) is 12.4 Å². The van der Waals surface area contributed by atoms with Crippen LogP contribution < -0.4 is 10.2 Å². The molecule has 2 heterocycles. The molecule has 0 atom stereocenters. The minimum Gasteiger partial charge on any atom is -0.372 e. The Balaban J connectivity index is 1.52. The van der Waals surface area contributed by atoms with E-state index >= 15 is 0 Å². The lowest BCUT2D eigenvalue weighted by Gasteiger charge is -2.34. The Kier molecular flexibility index (Phi) is 8.48. The number of anilines is 1. The molecule has 0 aromatic carbocycles. The SMILES string of the molecule is CCCCCOCC(=O)NCCN1CCN(c2ncccn2)CC1. The summed E-state index contributed by atoms with van der Waals surface area (Å²) < 4.78 is 5.36. The molecule has 0 unspecified atom stereocenters. The maximum Gasteiger partial charge on any atom is 0.246 e. The third-order valence-corrected chi connectivity index (χ3v) is 4.08. The van der Waals surface area contributed by atoms with Crippen molar-refractivity contribution in [3.8, 4) is 0 Å². The number of amides is 1. The van der Waals surface area contributed by atoms with Crippen LogP contribution in [0.4, 0.5) is 5.95 Å². The second-order valence-electron chi connectivity index (χ2n) is 5.99. The highest BCUT2D eigenvalue weighted by Gasteiger charge is 2.18. The van der Waals surface area contributed by atoms with Gasteiger partial charge in [0.1, 0.15) is 6.61 Å². The Morgan fingerprint density at radius 1 is 1.21 bits per heavy atom. The molecule has 24 heavy (non-hydrogen) atoms. The average molecular weight is 335 g/mol. The molecule has 1 aliphatic rings. The fourth-order valence-corrected chi connectivity index (χ4v) is 2.65. The zero-order chi connectivity index (χ0) is 17.0. The Morgan fingerprint density at radius 2 is 1.96 bits per heavy atom. The third-order valence-electron chi connectivity index (χ3n) is 4.08. The number of carbonyl (C=O) groups is 1. The number of unbranched alkanes of at least 4 members (excludes halogenated alkanes) is 2. The Hall–Kier alpha value is -1.73. The molecule has 0 radical (unpaired) electrons. The predicted molar refractivity (Wildman–Crippen MR) is 94.0 cm³/mol.